The predicted octanol–water partition coefficient (Wildman–Crippen LogP) is 2.52. The number of hydrogen-bond acceptors (Lipinski definition) is 4. The minimum Gasteiger partial charge on any atom is -0.316 e. The Bertz CT molecular complexity index is 493. The first-order valence-electron chi connectivity index (χ1n) is 5.95. The number of halogens is 2. The van der Waals surface area contributed by atoms with Gasteiger partial charge in [0.15, 0.2) is 0 Å². The number of nitrogens with one attached hydrogen (secondary N) is 2. The third-order valence-corrected chi connectivity index (χ3v) is 7.18. The molecule has 1 aliphatic heterocycles. The molecular formula is C11H18BrClN2O2S2. The fourth-order valence-electron chi connectivity index (χ4n) is 1.99. The molecule has 0 radical (unpaired) electrons. The molecule has 2 heterocycles. The molecule has 1 saturated heterocycles. The van der Waals surface area contributed by atoms with Crippen LogP contribution in [0.1, 0.15) is 18.4 Å². The molecule has 4 nitrogen and oxygen atoms in total. The summed E-state index contributed by atoms with van der Waals surface area (Å²) in [5.41, 5.74) is 0.959. The molecular weight excluding hydrogens is 372 g/mol. The van der Waals surface area contributed by atoms with Crippen molar-refractivity contribution in [3.05, 3.63) is 15.4 Å². The van der Waals surface area contributed by atoms with Gasteiger partial charge in [0.2, 0.25) is 10.0 Å². The Morgan fingerprint density at radius 1 is 1.58 bits per heavy atom. The zero-order valence-electron chi connectivity index (χ0n) is 10.6. The van der Waals surface area contributed by atoms with Crippen LogP contribution in [-0.2, 0) is 10.0 Å². The summed E-state index contributed by atoms with van der Waals surface area (Å²) in [5.74, 6) is 0.601. The van der Waals surface area contributed by atoms with Crippen molar-refractivity contribution in [1.82, 2.24) is 10.0 Å². The van der Waals surface area contributed by atoms with Gasteiger partial charge in [-0.3, -0.25) is 0 Å². The number of aryl methyl sites for hydroxylation is 1. The first-order chi connectivity index (χ1) is 8.49. The third-order valence-electron chi connectivity index (χ3n) is 3.11. The first kappa shape index (κ1) is 17.4. The van der Waals surface area contributed by atoms with E-state index >= 15 is 0 Å². The van der Waals surface area contributed by atoms with Crippen LogP contribution in [0.2, 0.25) is 0 Å². The lowest BCUT2D eigenvalue weighted by Gasteiger charge is -2.08. The molecule has 0 aromatic carbocycles. The average Bonchev–Trinajstić information content (AvgIpc) is 2.90. The Labute approximate surface area is 133 Å². The Hall–Kier alpha value is 0.340. The molecule has 1 unspecified atom stereocenters. The summed E-state index contributed by atoms with van der Waals surface area (Å²) in [4.78, 5) is 0. The summed E-state index contributed by atoms with van der Waals surface area (Å²) < 4.78 is 28.0. The second-order valence-electron chi connectivity index (χ2n) is 4.57. The van der Waals surface area contributed by atoms with Gasteiger partial charge in [-0.2, -0.15) is 0 Å². The average molecular weight is 390 g/mol. The van der Waals surface area contributed by atoms with E-state index in [1.807, 2.05) is 6.92 Å². The quantitative estimate of drug-likeness (QED) is 0.813. The van der Waals surface area contributed by atoms with E-state index in [1.54, 1.807) is 6.07 Å². The van der Waals surface area contributed by atoms with Crippen LogP contribution in [0.3, 0.4) is 0 Å². The summed E-state index contributed by atoms with van der Waals surface area (Å²) in [6.07, 6.45) is 2.04. The Morgan fingerprint density at radius 3 is 2.84 bits per heavy atom. The fourth-order valence-corrected chi connectivity index (χ4v) is 5.31. The summed E-state index contributed by atoms with van der Waals surface area (Å²) >= 11 is 4.61. The van der Waals surface area contributed by atoms with E-state index in [9.17, 15) is 8.42 Å². The number of sulfonamides is 1. The maximum Gasteiger partial charge on any atom is 0.250 e. The van der Waals surface area contributed by atoms with Gasteiger partial charge >= 0.3 is 0 Å². The van der Waals surface area contributed by atoms with Crippen LogP contribution in [0.4, 0.5) is 0 Å². The van der Waals surface area contributed by atoms with Gasteiger partial charge in [0.05, 0.1) is 3.79 Å². The number of hydrogen-bond donors (Lipinski definition) is 2. The molecule has 0 saturated carbocycles. The van der Waals surface area contributed by atoms with Crippen LogP contribution in [0.25, 0.3) is 0 Å². The molecule has 1 aromatic heterocycles. The van der Waals surface area contributed by atoms with Crippen molar-refractivity contribution in [2.75, 3.05) is 19.6 Å². The van der Waals surface area contributed by atoms with E-state index in [-0.39, 0.29) is 12.4 Å². The SMILES string of the molecule is Cc1cc(S(=O)(=O)NCCC2CCNC2)sc1Br.Cl. The van der Waals surface area contributed by atoms with Crippen molar-refractivity contribution in [1.29, 1.82) is 0 Å². The number of rotatable bonds is 5. The van der Waals surface area contributed by atoms with Crippen molar-refractivity contribution in [2.24, 2.45) is 5.92 Å². The highest BCUT2D eigenvalue weighted by atomic mass is 79.9. The summed E-state index contributed by atoms with van der Waals surface area (Å²) in [7, 11) is -3.34. The van der Waals surface area contributed by atoms with E-state index in [4.69, 9.17) is 0 Å². The van der Waals surface area contributed by atoms with Gasteiger partial charge in [-0.15, -0.1) is 23.7 Å². The topological polar surface area (TPSA) is 58.2 Å². The standard InChI is InChI=1S/C11H17BrN2O2S2.ClH/c1-8-6-10(17-11(8)12)18(15,16)14-5-3-9-2-4-13-7-9;/h6,9,13-14H,2-5,7H2,1H3;1H. The zero-order valence-corrected chi connectivity index (χ0v) is 14.6. The maximum absolute atomic E-state index is 12.0. The van der Waals surface area contributed by atoms with Crippen LogP contribution in [0, 0.1) is 12.8 Å². The van der Waals surface area contributed by atoms with Crippen molar-refractivity contribution in [3.8, 4) is 0 Å². The van der Waals surface area contributed by atoms with Gasteiger partial charge in [-0.05, 0) is 66.3 Å². The van der Waals surface area contributed by atoms with E-state index in [0.717, 1.165) is 35.3 Å². The molecule has 0 aliphatic carbocycles. The van der Waals surface area contributed by atoms with Crippen molar-refractivity contribution < 1.29 is 8.42 Å². The molecule has 2 N–H and O–H groups in total. The molecule has 0 spiro atoms. The minimum atomic E-state index is -3.34. The molecule has 1 atom stereocenters. The lowest BCUT2D eigenvalue weighted by atomic mass is 10.1. The van der Waals surface area contributed by atoms with E-state index in [2.05, 4.69) is 26.0 Å². The van der Waals surface area contributed by atoms with Gasteiger partial charge in [0, 0.05) is 6.54 Å². The lowest BCUT2D eigenvalue weighted by Crippen LogP contribution is -2.26. The van der Waals surface area contributed by atoms with Crippen LogP contribution < -0.4 is 10.0 Å². The van der Waals surface area contributed by atoms with Crippen molar-refractivity contribution in [3.63, 3.8) is 0 Å². The highest BCUT2D eigenvalue weighted by molar-refractivity contribution is 9.11. The fraction of sp³-hybridized carbons (Fsp3) is 0.636. The van der Waals surface area contributed by atoms with Crippen LogP contribution in [0.5, 0.6) is 0 Å². The van der Waals surface area contributed by atoms with Gasteiger partial charge < -0.3 is 5.32 Å². The molecule has 1 aliphatic rings. The molecule has 110 valence electrons. The van der Waals surface area contributed by atoms with Gasteiger partial charge in [-0.25, -0.2) is 13.1 Å². The molecule has 1 fully saturated rings. The summed E-state index contributed by atoms with van der Waals surface area (Å²) in [6.45, 7) is 4.47. The molecule has 19 heavy (non-hydrogen) atoms. The second-order valence-corrected chi connectivity index (χ2v) is 8.93. The predicted molar refractivity (Wildman–Crippen MR) is 84.8 cm³/mol. The van der Waals surface area contributed by atoms with E-state index in [0.29, 0.717) is 16.7 Å². The van der Waals surface area contributed by atoms with Crippen molar-refractivity contribution in [2.45, 2.75) is 24.0 Å². The molecule has 0 amide bonds. The minimum absolute atomic E-state index is 0. The smallest absolute Gasteiger partial charge is 0.250 e. The highest BCUT2D eigenvalue weighted by Crippen LogP contribution is 2.30. The highest BCUT2D eigenvalue weighted by Gasteiger charge is 2.19. The Kier molecular flexibility index (Phi) is 6.75. The molecule has 8 heteroatoms. The Morgan fingerprint density at radius 2 is 2.32 bits per heavy atom. The second kappa shape index (κ2) is 7.38. The molecule has 0 bridgehead atoms. The lowest BCUT2D eigenvalue weighted by molar-refractivity contribution is 0.520. The van der Waals surface area contributed by atoms with Gasteiger partial charge in [0.25, 0.3) is 0 Å². The summed E-state index contributed by atoms with van der Waals surface area (Å²) in [5, 5.41) is 3.28. The molecule has 1 aromatic rings. The normalized spacial score (nSPS) is 19.4. The van der Waals surface area contributed by atoms with E-state index in [1.165, 1.54) is 11.3 Å². The Balaban J connectivity index is 0.00000180. The monoisotopic (exact) mass is 388 g/mol. The van der Waals surface area contributed by atoms with Crippen LogP contribution in [0.15, 0.2) is 14.1 Å². The van der Waals surface area contributed by atoms with Gasteiger partial charge in [0.1, 0.15) is 4.21 Å². The first-order valence-corrected chi connectivity index (χ1v) is 9.04. The largest absolute Gasteiger partial charge is 0.316 e. The van der Waals surface area contributed by atoms with Crippen LogP contribution in [-0.4, -0.2) is 28.1 Å². The molecule has 2 rings (SSSR count). The zero-order chi connectivity index (χ0) is 13.2. The number of thiophene rings is 1. The van der Waals surface area contributed by atoms with Gasteiger partial charge in [-0.1, -0.05) is 0 Å². The van der Waals surface area contributed by atoms with E-state index < -0.39 is 10.0 Å². The van der Waals surface area contributed by atoms with Crippen molar-refractivity contribution >= 4 is 49.7 Å². The van der Waals surface area contributed by atoms with Crippen LogP contribution >= 0.6 is 39.7 Å². The summed E-state index contributed by atoms with van der Waals surface area (Å²) in [6, 6.07) is 1.70. The third kappa shape index (κ3) is 4.68. The maximum atomic E-state index is 12.0.